The van der Waals surface area contributed by atoms with Crippen LogP contribution in [0.2, 0.25) is 0 Å². The molecule has 0 saturated carbocycles. The fraction of sp³-hybridized carbons (Fsp3) is 0.200. The lowest BCUT2D eigenvalue weighted by Gasteiger charge is -2.10. The van der Waals surface area contributed by atoms with Gasteiger partial charge in [-0.05, 0) is 17.7 Å². The van der Waals surface area contributed by atoms with Gasteiger partial charge in [-0.3, -0.25) is 4.98 Å². The summed E-state index contributed by atoms with van der Waals surface area (Å²) < 4.78 is 5.01. The van der Waals surface area contributed by atoms with E-state index in [9.17, 15) is 9.90 Å². The largest absolute Gasteiger partial charge is 0.504 e. The van der Waals surface area contributed by atoms with Crippen molar-refractivity contribution in [2.75, 3.05) is 7.11 Å². The fourth-order valence-corrected chi connectivity index (χ4v) is 1.80. The second-order valence-electron chi connectivity index (χ2n) is 4.37. The van der Waals surface area contributed by atoms with Crippen molar-refractivity contribution in [1.82, 2.24) is 15.6 Å². The minimum absolute atomic E-state index is 0.0348. The molecular formula is C15H17N3O3. The van der Waals surface area contributed by atoms with Crippen LogP contribution < -0.4 is 15.4 Å². The van der Waals surface area contributed by atoms with Crippen LogP contribution in [0.4, 0.5) is 4.79 Å². The third-order valence-corrected chi connectivity index (χ3v) is 2.92. The summed E-state index contributed by atoms with van der Waals surface area (Å²) in [6.07, 6.45) is 3.36. The molecule has 0 aliphatic rings. The SMILES string of the molecule is COc1cccc(CNC(=O)NCc2cccnc2)c1O. The Balaban J connectivity index is 1.84. The number of hydrogen-bond acceptors (Lipinski definition) is 4. The molecule has 0 bridgehead atoms. The number of amides is 2. The molecule has 0 saturated heterocycles. The van der Waals surface area contributed by atoms with E-state index in [1.807, 2.05) is 12.1 Å². The highest BCUT2D eigenvalue weighted by Crippen LogP contribution is 2.28. The molecule has 1 aromatic carbocycles. The first-order valence-corrected chi connectivity index (χ1v) is 6.46. The Bertz CT molecular complexity index is 602. The number of carbonyl (C=O) groups excluding carboxylic acids is 1. The van der Waals surface area contributed by atoms with Crippen LogP contribution >= 0.6 is 0 Å². The zero-order chi connectivity index (χ0) is 15.1. The Kier molecular flexibility index (Phi) is 4.98. The summed E-state index contributed by atoms with van der Waals surface area (Å²) in [5, 5.41) is 15.3. The highest BCUT2D eigenvalue weighted by Gasteiger charge is 2.08. The number of nitrogens with zero attached hydrogens (tertiary/aromatic N) is 1. The van der Waals surface area contributed by atoms with Crippen LogP contribution in [0.25, 0.3) is 0 Å². The molecule has 6 nitrogen and oxygen atoms in total. The number of urea groups is 1. The molecule has 2 amide bonds. The number of methoxy groups -OCH3 is 1. The molecule has 0 aliphatic carbocycles. The van der Waals surface area contributed by atoms with Crippen LogP contribution in [0.15, 0.2) is 42.7 Å². The number of hydrogen-bond donors (Lipinski definition) is 3. The molecule has 0 radical (unpaired) electrons. The minimum atomic E-state index is -0.318. The first kappa shape index (κ1) is 14.6. The van der Waals surface area contributed by atoms with Crippen molar-refractivity contribution in [2.45, 2.75) is 13.1 Å². The number of pyridine rings is 1. The van der Waals surface area contributed by atoms with Gasteiger partial charge in [-0.15, -0.1) is 0 Å². The first-order chi connectivity index (χ1) is 10.2. The Labute approximate surface area is 122 Å². The lowest BCUT2D eigenvalue weighted by atomic mass is 10.2. The van der Waals surface area contributed by atoms with E-state index in [1.54, 1.807) is 30.6 Å². The van der Waals surface area contributed by atoms with Crippen LogP contribution in [0.5, 0.6) is 11.5 Å². The van der Waals surface area contributed by atoms with Crippen LogP contribution in [0.3, 0.4) is 0 Å². The number of benzene rings is 1. The van der Waals surface area contributed by atoms with E-state index in [1.165, 1.54) is 7.11 Å². The molecule has 0 atom stereocenters. The van der Waals surface area contributed by atoms with Gasteiger partial charge in [0.15, 0.2) is 11.5 Å². The summed E-state index contributed by atoms with van der Waals surface area (Å²) in [5.41, 5.74) is 1.50. The van der Waals surface area contributed by atoms with E-state index < -0.39 is 0 Å². The molecule has 1 heterocycles. The Morgan fingerprint density at radius 2 is 2.05 bits per heavy atom. The molecule has 6 heteroatoms. The molecule has 0 unspecified atom stereocenters. The van der Waals surface area contributed by atoms with Gasteiger partial charge in [0, 0.05) is 31.0 Å². The molecule has 0 fully saturated rings. The van der Waals surface area contributed by atoms with Crippen molar-refractivity contribution in [3.8, 4) is 11.5 Å². The number of rotatable bonds is 5. The van der Waals surface area contributed by atoms with E-state index in [2.05, 4.69) is 15.6 Å². The summed E-state index contributed by atoms with van der Waals surface area (Å²) in [5.74, 6) is 0.414. The second kappa shape index (κ2) is 7.14. The van der Waals surface area contributed by atoms with Gasteiger partial charge in [0.1, 0.15) is 0 Å². The molecule has 2 rings (SSSR count). The molecule has 3 N–H and O–H groups in total. The fourth-order valence-electron chi connectivity index (χ4n) is 1.80. The molecule has 1 aromatic heterocycles. The maximum Gasteiger partial charge on any atom is 0.315 e. The third kappa shape index (κ3) is 4.10. The van der Waals surface area contributed by atoms with Crippen molar-refractivity contribution < 1.29 is 14.6 Å². The molecule has 110 valence electrons. The maximum absolute atomic E-state index is 11.7. The average molecular weight is 287 g/mol. The zero-order valence-electron chi connectivity index (χ0n) is 11.7. The van der Waals surface area contributed by atoms with Gasteiger partial charge in [0.2, 0.25) is 0 Å². The predicted molar refractivity (Wildman–Crippen MR) is 78.0 cm³/mol. The molecule has 2 aromatic rings. The van der Waals surface area contributed by atoms with Crippen LogP contribution in [0.1, 0.15) is 11.1 Å². The van der Waals surface area contributed by atoms with Gasteiger partial charge in [-0.25, -0.2) is 4.79 Å². The highest BCUT2D eigenvalue weighted by atomic mass is 16.5. The third-order valence-electron chi connectivity index (χ3n) is 2.92. The Morgan fingerprint density at radius 3 is 2.76 bits per heavy atom. The normalized spacial score (nSPS) is 9.95. The quantitative estimate of drug-likeness (QED) is 0.783. The summed E-state index contributed by atoms with van der Waals surface area (Å²) in [7, 11) is 1.48. The number of nitrogens with one attached hydrogen (secondary N) is 2. The lowest BCUT2D eigenvalue weighted by molar-refractivity contribution is 0.240. The van der Waals surface area contributed by atoms with Crippen LogP contribution in [0, 0.1) is 0 Å². The number of ether oxygens (including phenoxy) is 1. The smallest absolute Gasteiger partial charge is 0.315 e. The maximum atomic E-state index is 11.7. The number of phenolic OH excluding ortho intramolecular Hbond substituents is 1. The molecule has 21 heavy (non-hydrogen) atoms. The summed E-state index contributed by atoms with van der Waals surface area (Å²) >= 11 is 0. The minimum Gasteiger partial charge on any atom is -0.504 e. The van der Waals surface area contributed by atoms with Gasteiger partial charge in [-0.2, -0.15) is 0 Å². The molecule has 0 aliphatic heterocycles. The highest BCUT2D eigenvalue weighted by molar-refractivity contribution is 5.74. The summed E-state index contributed by atoms with van der Waals surface area (Å²) in [6.45, 7) is 0.603. The number of carbonyl (C=O) groups is 1. The topological polar surface area (TPSA) is 83.5 Å². The van der Waals surface area contributed by atoms with Gasteiger partial charge in [0.05, 0.1) is 7.11 Å². The summed E-state index contributed by atoms with van der Waals surface area (Å²) in [6, 6.07) is 8.50. The van der Waals surface area contributed by atoms with E-state index in [-0.39, 0.29) is 18.3 Å². The monoisotopic (exact) mass is 287 g/mol. The first-order valence-electron chi connectivity index (χ1n) is 6.46. The second-order valence-corrected chi connectivity index (χ2v) is 4.37. The number of aromatic nitrogens is 1. The van der Waals surface area contributed by atoms with Gasteiger partial charge in [-0.1, -0.05) is 18.2 Å². The van der Waals surface area contributed by atoms with Crippen molar-refractivity contribution >= 4 is 6.03 Å². The Hall–Kier alpha value is -2.76. The van der Waals surface area contributed by atoms with Gasteiger partial charge < -0.3 is 20.5 Å². The van der Waals surface area contributed by atoms with Gasteiger partial charge >= 0.3 is 6.03 Å². The van der Waals surface area contributed by atoms with Crippen LogP contribution in [-0.4, -0.2) is 23.2 Å². The van der Waals surface area contributed by atoms with E-state index in [0.717, 1.165) is 5.56 Å². The summed E-state index contributed by atoms with van der Waals surface area (Å²) in [4.78, 5) is 15.7. The number of aromatic hydroxyl groups is 1. The van der Waals surface area contributed by atoms with E-state index in [4.69, 9.17) is 4.74 Å². The number of para-hydroxylation sites is 1. The number of phenols is 1. The van der Waals surface area contributed by atoms with Crippen LogP contribution in [-0.2, 0) is 13.1 Å². The van der Waals surface area contributed by atoms with E-state index >= 15 is 0 Å². The van der Waals surface area contributed by atoms with Crippen molar-refractivity contribution in [2.24, 2.45) is 0 Å². The standard InChI is InChI=1S/C15H17N3O3/c1-21-13-6-2-5-12(14(13)19)10-18-15(20)17-9-11-4-3-7-16-8-11/h2-8,19H,9-10H2,1H3,(H2,17,18,20). The van der Waals surface area contributed by atoms with Gasteiger partial charge in [0.25, 0.3) is 0 Å². The predicted octanol–water partition coefficient (Wildman–Crippen LogP) is 1.80. The average Bonchev–Trinajstić information content (AvgIpc) is 2.53. The van der Waals surface area contributed by atoms with Crippen molar-refractivity contribution in [1.29, 1.82) is 0 Å². The zero-order valence-corrected chi connectivity index (χ0v) is 11.7. The molecular weight excluding hydrogens is 270 g/mol. The van der Waals surface area contributed by atoms with E-state index in [0.29, 0.717) is 17.9 Å². The lowest BCUT2D eigenvalue weighted by Crippen LogP contribution is -2.34. The molecule has 0 spiro atoms. The van der Waals surface area contributed by atoms with Crippen molar-refractivity contribution in [3.05, 3.63) is 53.9 Å². The Morgan fingerprint density at radius 1 is 1.24 bits per heavy atom. The van der Waals surface area contributed by atoms with Crippen molar-refractivity contribution in [3.63, 3.8) is 0 Å².